The van der Waals surface area contributed by atoms with Crippen molar-refractivity contribution < 1.29 is 19.1 Å². The summed E-state index contributed by atoms with van der Waals surface area (Å²) in [7, 11) is 0. The average Bonchev–Trinajstić information content (AvgIpc) is 2.40. The van der Waals surface area contributed by atoms with Crippen LogP contribution in [0.5, 0.6) is 0 Å². The number of carboxylic acids is 1. The Labute approximate surface area is 121 Å². The van der Waals surface area contributed by atoms with Crippen LogP contribution in [0, 0.1) is 5.95 Å². The molecule has 2 rings (SSSR count). The van der Waals surface area contributed by atoms with E-state index in [-0.39, 0.29) is 11.1 Å². The van der Waals surface area contributed by atoms with Crippen molar-refractivity contribution >= 4 is 33.5 Å². The number of nitrogens with zero attached hydrogens (tertiary/aromatic N) is 1. The number of rotatable bonds is 3. The predicted octanol–water partition coefficient (Wildman–Crippen LogP) is 2.93. The Kier molecular flexibility index (Phi) is 4.09. The van der Waals surface area contributed by atoms with Gasteiger partial charge >= 0.3 is 5.97 Å². The SMILES string of the molecule is O=C(Nc1ccc(Br)c(C(=O)O)c1)c1ccnc(F)c1. The summed E-state index contributed by atoms with van der Waals surface area (Å²) >= 11 is 3.10. The van der Waals surface area contributed by atoms with Crippen molar-refractivity contribution in [3.8, 4) is 0 Å². The largest absolute Gasteiger partial charge is 0.478 e. The first-order valence-electron chi connectivity index (χ1n) is 5.43. The highest BCUT2D eigenvalue weighted by molar-refractivity contribution is 9.10. The van der Waals surface area contributed by atoms with Crippen LogP contribution < -0.4 is 5.32 Å². The van der Waals surface area contributed by atoms with Crippen LogP contribution in [0.3, 0.4) is 0 Å². The van der Waals surface area contributed by atoms with E-state index >= 15 is 0 Å². The molecule has 1 aromatic heterocycles. The molecule has 2 aromatic rings. The molecular weight excluding hydrogens is 331 g/mol. The summed E-state index contributed by atoms with van der Waals surface area (Å²) in [5.41, 5.74) is 0.411. The minimum absolute atomic E-state index is 0.0173. The van der Waals surface area contributed by atoms with E-state index in [1.165, 1.54) is 30.5 Å². The molecule has 7 heteroatoms. The van der Waals surface area contributed by atoms with Crippen LogP contribution >= 0.6 is 15.9 Å². The molecule has 0 aliphatic carbocycles. The quantitative estimate of drug-likeness (QED) is 0.843. The first-order chi connectivity index (χ1) is 9.47. The van der Waals surface area contributed by atoms with Gasteiger partial charge in [-0.15, -0.1) is 0 Å². The average molecular weight is 339 g/mol. The minimum atomic E-state index is -1.12. The third-order valence-corrected chi connectivity index (χ3v) is 3.13. The number of benzene rings is 1. The number of aromatic nitrogens is 1. The summed E-state index contributed by atoms with van der Waals surface area (Å²) in [5, 5.41) is 11.5. The van der Waals surface area contributed by atoms with Crippen LogP contribution in [0.15, 0.2) is 41.0 Å². The predicted molar refractivity (Wildman–Crippen MR) is 73.2 cm³/mol. The molecule has 2 N–H and O–H groups in total. The van der Waals surface area contributed by atoms with Crippen molar-refractivity contribution in [2.24, 2.45) is 0 Å². The van der Waals surface area contributed by atoms with E-state index in [0.29, 0.717) is 10.2 Å². The highest BCUT2D eigenvalue weighted by Crippen LogP contribution is 2.21. The van der Waals surface area contributed by atoms with Gasteiger partial charge in [0.1, 0.15) is 0 Å². The van der Waals surface area contributed by atoms with E-state index in [9.17, 15) is 14.0 Å². The number of amides is 1. The molecule has 1 aromatic carbocycles. The highest BCUT2D eigenvalue weighted by Gasteiger charge is 2.12. The lowest BCUT2D eigenvalue weighted by Gasteiger charge is -2.07. The van der Waals surface area contributed by atoms with Gasteiger partial charge in [0, 0.05) is 28.0 Å². The van der Waals surface area contributed by atoms with Gasteiger partial charge in [-0.3, -0.25) is 4.79 Å². The zero-order valence-electron chi connectivity index (χ0n) is 9.93. The summed E-state index contributed by atoms with van der Waals surface area (Å²) in [6.07, 6.45) is 1.18. The molecule has 0 saturated carbocycles. The van der Waals surface area contributed by atoms with Crippen molar-refractivity contribution in [1.82, 2.24) is 4.98 Å². The monoisotopic (exact) mass is 338 g/mol. The maximum Gasteiger partial charge on any atom is 0.336 e. The van der Waals surface area contributed by atoms with Crippen molar-refractivity contribution in [3.63, 3.8) is 0 Å². The minimum Gasteiger partial charge on any atom is -0.478 e. The van der Waals surface area contributed by atoms with Crippen molar-refractivity contribution in [2.45, 2.75) is 0 Å². The number of hydrogen-bond acceptors (Lipinski definition) is 3. The molecule has 5 nitrogen and oxygen atoms in total. The van der Waals surface area contributed by atoms with Gasteiger partial charge in [-0.05, 0) is 40.2 Å². The number of halogens is 2. The molecule has 0 bridgehead atoms. The normalized spacial score (nSPS) is 10.1. The van der Waals surface area contributed by atoms with Crippen LogP contribution in [-0.4, -0.2) is 22.0 Å². The Hall–Kier alpha value is -2.28. The molecule has 20 heavy (non-hydrogen) atoms. The number of nitrogens with one attached hydrogen (secondary N) is 1. The summed E-state index contributed by atoms with van der Waals surface area (Å²) in [6.45, 7) is 0. The van der Waals surface area contributed by atoms with E-state index in [1.807, 2.05) is 0 Å². The van der Waals surface area contributed by atoms with Gasteiger partial charge < -0.3 is 10.4 Å². The second kappa shape index (κ2) is 5.79. The van der Waals surface area contributed by atoms with Gasteiger partial charge in [-0.1, -0.05) is 0 Å². The number of carbonyl (C=O) groups excluding carboxylic acids is 1. The fourth-order valence-corrected chi connectivity index (χ4v) is 1.93. The zero-order chi connectivity index (χ0) is 14.7. The van der Waals surface area contributed by atoms with Gasteiger partial charge in [0.25, 0.3) is 5.91 Å². The Morgan fingerprint density at radius 3 is 2.65 bits per heavy atom. The molecule has 0 spiro atoms. The molecule has 0 unspecified atom stereocenters. The maximum absolute atomic E-state index is 12.9. The number of aromatic carboxylic acids is 1. The van der Waals surface area contributed by atoms with Crippen LogP contribution in [0.2, 0.25) is 0 Å². The van der Waals surface area contributed by atoms with Crippen LogP contribution in [0.1, 0.15) is 20.7 Å². The van der Waals surface area contributed by atoms with Crippen LogP contribution in [0.4, 0.5) is 10.1 Å². The second-order valence-corrected chi connectivity index (χ2v) is 4.68. The summed E-state index contributed by atoms with van der Waals surface area (Å²) < 4.78 is 13.3. The lowest BCUT2D eigenvalue weighted by Crippen LogP contribution is -2.13. The van der Waals surface area contributed by atoms with E-state index in [4.69, 9.17) is 5.11 Å². The van der Waals surface area contributed by atoms with Gasteiger partial charge in [0.15, 0.2) is 0 Å². The molecular formula is C13H8BrFN2O3. The number of carboxylic acid groups (broad SMARTS) is 1. The van der Waals surface area contributed by atoms with E-state index < -0.39 is 17.8 Å². The van der Waals surface area contributed by atoms with Crippen molar-refractivity contribution in [3.05, 3.63) is 58.1 Å². The van der Waals surface area contributed by atoms with Gasteiger partial charge in [0.2, 0.25) is 5.95 Å². The fourth-order valence-electron chi connectivity index (χ4n) is 1.51. The highest BCUT2D eigenvalue weighted by atomic mass is 79.9. The standard InChI is InChI=1S/C13H8BrFN2O3/c14-10-2-1-8(6-9(10)13(19)20)17-12(18)7-3-4-16-11(15)5-7/h1-6H,(H,17,18)(H,19,20). The topological polar surface area (TPSA) is 79.3 Å². The smallest absolute Gasteiger partial charge is 0.336 e. The molecule has 0 saturated heterocycles. The fraction of sp³-hybridized carbons (Fsp3) is 0. The summed E-state index contributed by atoms with van der Waals surface area (Å²) in [6, 6.07) is 6.70. The number of carbonyl (C=O) groups is 2. The molecule has 0 aliphatic heterocycles. The molecule has 0 fully saturated rings. The molecule has 1 heterocycles. The molecule has 102 valence electrons. The number of anilines is 1. The zero-order valence-corrected chi connectivity index (χ0v) is 11.5. The first-order valence-corrected chi connectivity index (χ1v) is 6.22. The molecule has 1 amide bonds. The lowest BCUT2D eigenvalue weighted by molar-refractivity contribution is 0.0695. The first kappa shape index (κ1) is 14.1. The van der Waals surface area contributed by atoms with Gasteiger partial charge in [0.05, 0.1) is 5.56 Å². The second-order valence-electron chi connectivity index (χ2n) is 3.82. The van der Waals surface area contributed by atoms with Crippen LogP contribution in [0.25, 0.3) is 0 Å². The Bertz CT molecular complexity index is 691. The van der Waals surface area contributed by atoms with Crippen LogP contribution in [-0.2, 0) is 0 Å². The Morgan fingerprint density at radius 2 is 2.00 bits per heavy atom. The summed E-state index contributed by atoms with van der Waals surface area (Å²) in [5.74, 6) is -2.44. The molecule has 0 aliphatic rings. The van der Waals surface area contributed by atoms with Gasteiger partial charge in [-0.25, -0.2) is 9.78 Å². The molecule has 0 radical (unpaired) electrons. The van der Waals surface area contributed by atoms with Crippen molar-refractivity contribution in [1.29, 1.82) is 0 Å². The van der Waals surface area contributed by atoms with E-state index in [0.717, 1.165) is 6.07 Å². The number of pyridine rings is 1. The van der Waals surface area contributed by atoms with E-state index in [2.05, 4.69) is 26.2 Å². The third-order valence-electron chi connectivity index (χ3n) is 2.44. The van der Waals surface area contributed by atoms with Crippen molar-refractivity contribution in [2.75, 3.05) is 5.32 Å². The Balaban J connectivity index is 2.24. The lowest BCUT2D eigenvalue weighted by atomic mass is 10.2. The van der Waals surface area contributed by atoms with E-state index in [1.54, 1.807) is 0 Å². The maximum atomic E-state index is 12.9. The third kappa shape index (κ3) is 3.18. The number of hydrogen-bond donors (Lipinski definition) is 2. The van der Waals surface area contributed by atoms with Gasteiger partial charge in [-0.2, -0.15) is 4.39 Å². The summed E-state index contributed by atoms with van der Waals surface area (Å²) in [4.78, 5) is 26.2. The molecule has 0 atom stereocenters. The Morgan fingerprint density at radius 1 is 1.25 bits per heavy atom.